The van der Waals surface area contributed by atoms with Crippen LogP contribution in [0.4, 0.5) is 0 Å². The number of nitrogens with zero attached hydrogens (tertiary/aromatic N) is 2. The molecule has 0 saturated carbocycles. The Morgan fingerprint density at radius 2 is 2.11 bits per heavy atom. The van der Waals surface area contributed by atoms with Gasteiger partial charge < -0.3 is 15.1 Å². The van der Waals surface area contributed by atoms with Crippen molar-refractivity contribution in [3.8, 4) is 0 Å². The lowest BCUT2D eigenvalue weighted by molar-refractivity contribution is -0.148. The third-order valence-electron chi connectivity index (χ3n) is 4.15. The van der Waals surface area contributed by atoms with Gasteiger partial charge in [0.15, 0.2) is 0 Å². The van der Waals surface area contributed by atoms with E-state index in [9.17, 15) is 9.59 Å². The van der Waals surface area contributed by atoms with Crippen molar-refractivity contribution in [3.05, 3.63) is 0 Å². The number of likely N-dealkylation sites (tertiary alicyclic amines) is 1. The van der Waals surface area contributed by atoms with Gasteiger partial charge in [-0.15, -0.1) is 0 Å². The van der Waals surface area contributed by atoms with E-state index in [1.807, 2.05) is 18.7 Å². The highest BCUT2D eigenvalue weighted by Crippen LogP contribution is 2.21. The van der Waals surface area contributed by atoms with Crippen LogP contribution < -0.4 is 5.32 Å². The fourth-order valence-corrected chi connectivity index (χ4v) is 3.24. The zero-order chi connectivity index (χ0) is 14.0. The Bertz CT molecular complexity index is 357. The smallest absolute Gasteiger partial charge is 0.243 e. The Labute approximate surface area is 115 Å². The second-order valence-electron chi connectivity index (χ2n) is 6.22. The van der Waals surface area contributed by atoms with Gasteiger partial charge in [0.1, 0.15) is 6.04 Å². The quantitative estimate of drug-likeness (QED) is 0.801. The summed E-state index contributed by atoms with van der Waals surface area (Å²) < 4.78 is 0. The van der Waals surface area contributed by atoms with E-state index >= 15 is 0 Å². The number of carbonyl (C=O) groups is 2. The van der Waals surface area contributed by atoms with Crippen LogP contribution >= 0.6 is 0 Å². The number of hydrogen-bond donors (Lipinski definition) is 1. The van der Waals surface area contributed by atoms with E-state index < -0.39 is 0 Å². The summed E-state index contributed by atoms with van der Waals surface area (Å²) >= 11 is 0. The highest BCUT2D eigenvalue weighted by molar-refractivity contribution is 5.94. The summed E-state index contributed by atoms with van der Waals surface area (Å²) in [4.78, 5) is 28.2. The van der Waals surface area contributed by atoms with Crippen molar-refractivity contribution < 1.29 is 9.59 Å². The lowest BCUT2D eigenvalue weighted by Crippen LogP contribution is -2.61. The molecule has 2 heterocycles. The van der Waals surface area contributed by atoms with Crippen molar-refractivity contribution >= 4 is 11.8 Å². The highest BCUT2D eigenvalue weighted by atomic mass is 16.2. The van der Waals surface area contributed by atoms with Gasteiger partial charge in [0.2, 0.25) is 11.8 Å². The predicted octanol–water partition coefficient (Wildman–Crippen LogP) is 0.311. The van der Waals surface area contributed by atoms with E-state index in [2.05, 4.69) is 17.3 Å². The minimum absolute atomic E-state index is 0.00114. The first-order valence-corrected chi connectivity index (χ1v) is 7.24. The van der Waals surface area contributed by atoms with E-state index in [1.165, 1.54) is 6.42 Å². The zero-order valence-corrected chi connectivity index (χ0v) is 12.2. The molecular formula is C14H25N3O2. The van der Waals surface area contributed by atoms with Crippen LogP contribution in [0.2, 0.25) is 0 Å². The molecule has 0 aliphatic carbocycles. The average molecular weight is 267 g/mol. The van der Waals surface area contributed by atoms with Gasteiger partial charge in [0.05, 0.1) is 6.54 Å². The van der Waals surface area contributed by atoms with Crippen LogP contribution in [0.5, 0.6) is 0 Å². The lowest BCUT2D eigenvalue weighted by Gasteiger charge is -2.41. The highest BCUT2D eigenvalue weighted by Gasteiger charge is 2.37. The summed E-state index contributed by atoms with van der Waals surface area (Å²) in [6.07, 6.45) is 2.34. The molecule has 2 aliphatic heterocycles. The summed E-state index contributed by atoms with van der Waals surface area (Å²) in [5, 5.41) is 2.70. The van der Waals surface area contributed by atoms with Gasteiger partial charge in [-0.1, -0.05) is 13.8 Å². The van der Waals surface area contributed by atoms with Crippen molar-refractivity contribution in [2.24, 2.45) is 11.8 Å². The molecule has 0 aromatic carbocycles. The topological polar surface area (TPSA) is 52.7 Å². The second-order valence-corrected chi connectivity index (χ2v) is 6.22. The van der Waals surface area contributed by atoms with E-state index in [4.69, 9.17) is 0 Å². The summed E-state index contributed by atoms with van der Waals surface area (Å²) in [7, 11) is 2.12. The molecule has 2 atom stereocenters. The van der Waals surface area contributed by atoms with E-state index in [0.717, 1.165) is 26.1 Å². The largest absolute Gasteiger partial charge is 0.345 e. The van der Waals surface area contributed by atoms with Crippen LogP contribution in [0.25, 0.3) is 0 Å². The molecule has 2 saturated heterocycles. The van der Waals surface area contributed by atoms with Crippen molar-refractivity contribution in [1.82, 2.24) is 15.1 Å². The number of piperidine rings is 1. The molecule has 2 fully saturated rings. The molecule has 0 radical (unpaired) electrons. The van der Waals surface area contributed by atoms with Crippen molar-refractivity contribution in [3.63, 3.8) is 0 Å². The lowest BCUT2D eigenvalue weighted by atomic mass is 9.94. The van der Waals surface area contributed by atoms with Crippen LogP contribution in [-0.4, -0.2) is 60.9 Å². The summed E-state index contributed by atoms with van der Waals surface area (Å²) in [5.41, 5.74) is 0. The maximum Gasteiger partial charge on any atom is 0.243 e. The zero-order valence-electron chi connectivity index (χ0n) is 12.2. The van der Waals surface area contributed by atoms with E-state index in [0.29, 0.717) is 5.92 Å². The minimum Gasteiger partial charge on any atom is -0.345 e. The molecule has 108 valence electrons. The van der Waals surface area contributed by atoms with Crippen LogP contribution in [0.15, 0.2) is 0 Å². The predicted molar refractivity (Wildman–Crippen MR) is 73.6 cm³/mol. The van der Waals surface area contributed by atoms with Gasteiger partial charge in [-0.3, -0.25) is 9.59 Å². The van der Waals surface area contributed by atoms with Crippen molar-refractivity contribution in [2.75, 3.05) is 33.2 Å². The Hall–Kier alpha value is -1.10. The average Bonchev–Trinajstić information content (AvgIpc) is 2.33. The summed E-state index contributed by atoms with van der Waals surface area (Å²) in [5.74, 6) is 0.714. The molecule has 0 bridgehead atoms. The third-order valence-corrected chi connectivity index (χ3v) is 4.15. The van der Waals surface area contributed by atoms with Gasteiger partial charge in [-0.05, 0) is 38.3 Å². The van der Waals surface area contributed by atoms with Gasteiger partial charge in [-0.2, -0.15) is 0 Å². The molecule has 1 N–H and O–H groups in total. The van der Waals surface area contributed by atoms with E-state index in [1.54, 1.807) is 0 Å². The first kappa shape index (κ1) is 14.3. The number of carbonyl (C=O) groups excluding carboxylic acids is 2. The van der Waals surface area contributed by atoms with Gasteiger partial charge >= 0.3 is 0 Å². The molecule has 2 rings (SSSR count). The Morgan fingerprint density at radius 1 is 1.37 bits per heavy atom. The molecule has 5 heteroatoms. The van der Waals surface area contributed by atoms with Crippen LogP contribution in [0.1, 0.15) is 26.7 Å². The van der Waals surface area contributed by atoms with Crippen LogP contribution in [-0.2, 0) is 9.59 Å². The SMILES string of the molecule is CC(C)C1C(=O)NCC(=O)N1CC1CCCN(C)C1. The molecule has 0 spiro atoms. The Kier molecular flexibility index (Phi) is 4.45. The fourth-order valence-electron chi connectivity index (χ4n) is 3.24. The fraction of sp³-hybridized carbons (Fsp3) is 0.857. The van der Waals surface area contributed by atoms with Crippen LogP contribution in [0.3, 0.4) is 0 Å². The standard InChI is InChI=1S/C14H25N3O2/c1-10(2)13-14(19)15-7-12(18)17(13)9-11-5-4-6-16(3)8-11/h10-11,13H,4-9H2,1-3H3,(H,15,19). The third kappa shape index (κ3) is 3.26. The maximum atomic E-state index is 12.1. The molecule has 0 aromatic heterocycles. The molecular weight excluding hydrogens is 242 g/mol. The molecule has 2 amide bonds. The monoisotopic (exact) mass is 267 g/mol. The number of nitrogens with one attached hydrogen (secondary N) is 1. The molecule has 2 aliphatic rings. The van der Waals surface area contributed by atoms with Gasteiger partial charge in [-0.25, -0.2) is 0 Å². The molecule has 0 aromatic rings. The number of rotatable bonds is 3. The maximum absolute atomic E-state index is 12.1. The number of piperazine rings is 1. The Morgan fingerprint density at radius 3 is 2.74 bits per heavy atom. The minimum atomic E-state index is -0.298. The number of amides is 2. The molecule has 5 nitrogen and oxygen atoms in total. The van der Waals surface area contributed by atoms with Gasteiger partial charge in [0, 0.05) is 13.1 Å². The van der Waals surface area contributed by atoms with Gasteiger partial charge in [0.25, 0.3) is 0 Å². The number of hydrogen-bond acceptors (Lipinski definition) is 3. The van der Waals surface area contributed by atoms with Crippen molar-refractivity contribution in [2.45, 2.75) is 32.7 Å². The van der Waals surface area contributed by atoms with Crippen LogP contribution in [0, 0.1) is 11.8 Å². The first-order valence-electron chi connectivity index (χ1n) is 7.24. The summed E-state index contributed by atoms with van der Waals surface area (Å²) in [6.45, 7) is 7.05. The Balaban J connectivity index is 2.05. The molecule has 2 unspecified atom stereocenters. The normalized spacial score (nSPS) is 29.8. The summed E-state index contributed by atoms with van der Waals surface area (Å²) in [6, 6.07) is -0.298. The van der Waals surface area contributed by atoms with Crippen molar-refractivity contribution in [1.29, 1.82) is 0 Å². The first-order chi connectivity index (χ1) is 8.99. The molecule has 19 heavy (non-hydrogen) atoms. The van der Waals surface area contributed by atoms with E-state index in [-0.39, 0.29) is 30.3 Å². The second kappa shape index (κ2) is 5.90.